The first kappa shape index (κ1) is 12.9. The summed E-state index contributed by atoms with van der Waals surface area (Å²) in [5, 5.41) is 5.36. The molecule has 14 heavy (non-hydrogen) atoms. The molecule has 0 saturated carbocycles. The number of hydrogen-bond donors (Lipinski definition) is 2. The van der Waals surface area contributed by atoms with Gasteiger partial charge in [0.15, 0.2) is 0 Å². The second-order valence-electron chi connectivity index (χ2n) is 2.91. The maximum absolute atomic E-state index is 10.1. The Bertz CT molecular complexity index is 145. The molecule has 2 amide bonds. The van der Waals surface area contributed by atoms with E-state index in [1.807, 2.05) is 13.8 Å². The Labute approximate surface area is 85.4 Å². The summed E-state index contributed by atoms with van der Waals surface area (Å²) in [5.74, 6) is 0.407. The van der Waals surface area contributed by atoms with Gasteiger partial charge in [0.1, 0.15) is 0 Å². The van der Waals surface area contributed by atoms with Crippen LogP contribution in [0.2, 0.25) is 0 Å². The maximum Gasteiger partial charge on any atom is 0.220 e. The van der Waals surface area contributed by atoms with E-state index in [1.165, 1.54) is 0 Å². The molecular formula is C10H20N2O2. The van der Waals surface area contributed by atoms with Gasteiger partial charge in [-0.3, -0.25) is 9.59 Å². The summed E-state index contributed by atoms with van der Waals surface area (Å²) in [6.45, 7) is 5.78. The summed E-state index contributed by atoms with van der Waals surface area (Å²) in [6.07, 6.45) is 3.53. The van der Waals surface area contributed by atoms with Crippen molar-refractivity contribution >= 4 is 11.8 Å². The van der Waals surface area contributed by atoms with Crippen molar-refractivity contribution in [2.45, 2.75) is 39.5 Å². The second-order valence-corrected chi connectivity index (χ2v) is 2.91. The highest BCUT2D eigenvalue weighted by atomic mass is 16.2. The minimum absolute atomic E-state index is 0.204. The van der Waals surface area contributed by atoms with E-state index in [0.717, 1.165) is 38.8 Å². The molecule has 2 aliphatic heterocycles. The van der Waals surface area contributed by atoms with Crippen LogP contribution in [0.25, 0.3) is 0 Å². The van der Waals surface area contributed by atoms with Crippen LogP contribution in [-0.4, -0.2) is 24.9 Å². The predicted octanol–water partition coefficient (Wildman–Crippen LogP) is 0.819. The van der Waals surface area contributed by atoms with Crippen LogP contribution in [-0.2, 0) is 9.59 Å². The highest BCUT2D eigenvalue weighted by molar-refractivity contribution is 5.77. The van der Waals surface area contributed by atoms with Gasteiger partial charge in [-0.05, 0) is 12.8 Å². The molecule has 82 valence electrons. The van der Waals surface area contributed by atoms with Crippen molar-refractivity contribution in [2.75, 3.05) is 13.1 Å². The lowest BCUT2D eigenvalue weighted by Gasteiger charge is -1.80. The Kier molecular flexibility index (Phi) is 7.89. The van der Waals surface area contributed by atoms with Gasteiger partial charge in [-0.25, -0.2) is 0 Å². The fourth-order valence-electron chi connectivity index (χ4n) is 1.13. The number of carbonyl (C=O) groups is 2. The summed E-state index contributed by atoms with van der Waals surface area (Å²) in [5.41, 5.74) is 0. The van der Waals surface area contributed by atoms with Crippen LogP contribution in [0, 0.1) is 0 Å². The molecule has 0 atom stereocenters. The molecule has 0 aromatic rings. The van der Waals surface area contributed by atoms with Crippen molar-refractivity contribution < 1.29 is 9.59 Å². The molecule has 0 aromatic heterocycles. The van der Waals surface area contributed by atoms with E-state index in [1.54, 1.807) is 0 Å². The summed E-state index contributed by atoms with van der Waals surface area (Å²) in [4.78, 5) is 20.3. The molecule has 4 heteroatoms. The highest BCUT2D eigenvalue weighted by Crippen LogP contribution is 1.93. The third kappa shape index (κ3) is 6.46. The van der Waals surface area contributed by atoms with Gasteiger partial charge in [-0.2, -0.15) is 0 Å². The van der Waals surface area contributed by atoms with Crippen molar-refractivity contribution in [3.05, 3.63) is 0 Å². The van der Waals surface area contributed by atoms with Gasteiger partial charge in [-0.15, -0.1) is 0 Å². The topological polar surface area (TPSA) is 58.2 Å². The molecule has 2 saturated heterocycles. The van der Waals surface area contributed by atoms with Crippen LogP contribution in [0.3, 0.4) is 0 Å². The zero-order valence-electron chi connectivity index (χ0n) is 9.06. The molecule has 2 heterocycles. The van der Waals surface area contributed by atoms with Crippen molar-refractivity contribution in [1.82, 2.24) is 10.6 Å². The molecule has 0 spiro atoms. The highest BCUT2D eigenvalue weighted by Gasteiger charge is 2.05. The third-order valence-electron chi connectivity index (χ3n) is 1.81. The standard InChI is InChI=1S/2C4H7NO.C2H6/c2*6-4-2-1-3-5-4;1-2/h2*1-3H2,(H,5,6);1-2H3. The van der Waals surface area contributed by atoms with E-state index in [4.69, 9.17) is 0 Å². The lowest BCUT2D eigenvalue weighted by Crippen LogP contribution is -2.12. The minimum atomic E-state index is 0.204. The SMILES string of the molecule is CC.O=C1CCCN1.O=C1CCCN1. The average Bonchev–Trinajstić information content (AvgIpc) is 2.83. The smallest absolute Gasteiger partial charge is 0.220 e. The Morgan fingerprint density at radius 1 is 0.857 bits per heavy atom. The van der Waals surface area contributed by atoms with Gasteiger partial charge in [0.05, 0.1) is 0 Å². The zero-order valence-corrected chi connectivity index (χ0v) is 9.06. The molecule has 0 unspecified atom stereocenters. The summed E-state index contributed by atoms with van der Waals surface area (Å²) >= 11 is 0. The molecule has 2 N–H and O–H groups in total. The monoisotopic (exact) mass is 200 g/mol. The number of hydrogen-bond acceptors (Lipinski definition) is 2. The van der Waals surface area contributed by atoms with E-state index in [0.29, 0.717) is 0 Å². The van der Waals surface area contributed by atoms with Crippen molar-refractivity contribution in [3.8, 4) is 0 Å². The van der Waals surface area contributed by atoms with Crippen molar-refractivity contribution in [1.29, 1.82) is 0 Å². The number of rotatable bonds is 0. The number of carbonyl (C=O) groups excluding carboxylic acids is 2. The third-order valence-corrected chi connectivity index (χ3v) is 1.81. The summed E-state index contributed by atoms with van der Waals surface area (Å²) in [7, 11) is 0. The van der Waals surface area contributed by atoms with Gasteiger partial charge >= 0.3 is 0 Å². The molecule has 0 aliphatic carbocycles. The normalized spacial score (nSPS) is 18.4. The molecule has 2 aliphatic rings. The molecule has 0 radical (unpaired) electrons. The van der Waals surface area contributed by atoms with Crippen molar-refractivity contribution in [2.24, 2.45) is 0 Å². The lowest BCUT2D eigenvalue weighted by atomic mass is 10.4. The minimum Gasteiger partial charge on any atom is -0.356 e. The van der Waals surface area contributed by atoms with E-state index in [9.17, 15) is 9.59 Å². The van der Waals surface area contributed by atoms with E-state index in [-0.39, 0.29) is 11.8 Å². The van der Waals surface area contributed by atoms with E-state index >= 15 is 0 Å². The summed E-state index contributed by atoms with van der Waals surface area (Å²) < 4.78 is 0. The van der Waals surface area contributed by atoms with Crippen LogP contribution in [0.15, 0.2) is 0 Å². The zero-order chi connectivity index (χ0) is 10.8. The van der Waals surface area contributed by atoms with Crippen LogP contribution < -0.4 is 10.6 Å². The predicted molar refractivity (Wildman–Crippen MR) is 55.8 cm³/mol. The molecule has 2 rings (SSSR count). The number of amides is 2. The van der Waals surface area contributed by atoms with Gasteiger partial charge in [0, 0.05) is 25.9 Å². The Morgan fingerprint density at radius 2 is 1.21 bits per heavy atom. The number of nitrogens with one attached hydrogen (secondary N) is 2. The van der Waals surface area contributed by atoms with Gasteiger partial charge in [-0.1, -0.05) is 13.8 Å². The van der Waals surface area contributed by atoms with Crippen LogP contribution in [0.1, 0.15) is 39.5 Å². The lowest BCUT2D eigenvalue weighted by molar-refractivity contribution is -0.119. The first-order valence-electron chi connectivity index (χ1n) is 5.32. The molecular weight excluding hydrogens is 180 g/mol. The average molecular weight is 200 g/mol. The Balaban J connectivity index is 0.000000206. The first-order chi connectivity index (χ1) is 6.79. The quantitative estimate of drug-likeness (QED) is 0.608. The Morgan fingerprint density at radius 3 is 1.29 bits per heavy atom. The maximum atomic E-state index is 10.1. The van der Waals surface area contributed by atoms with Gasteiger partial charge < -0.3 is 10.6 Å². The summed E-state index contributed by atoms with van der Waals surface area (Å²) in [6, 6.07) is 0. The van der Waals surface area contributed by atoms with Gasteiger partial charge in [0.2, 0.25) is 11.8 Å². The Hall–Kier alpha value is -1.06. The van der Waals surface area contributed by atoms with Crippen molar-refractivity contribution in [3.63, 3.8) is 0 Å². The fourth-order valence-corrected chi connectivity index (χ4v) is 1.13. The first-order valence-corrected chi connectivity index (χ1v) is 5.32. The molecule has 0 bridgehead atoms. The molecule has 4 nitrogen and oxygen atoms in total. The largest absolute Gasteiger partial charge is 0.356 e. The molecule has 0 aromatic carbocycles. The fraction of sp³-hybridized carbons (Fsp3) is 0.800. The van der Waals surface area contributed by atoms with Crippen LogP contribution in [0.5, 0.6) is 0 Å². The molecule has 2 fully saturated rings. The van der Waals surface area contributed by atoms with E-state index in [2.05, 4.69) is 10.6 Å². The second kappa shape index (κ2) is 8.53. The van der Waals surface area contributed by atoms with Crippen LogP contribution >= 0.6 is 0 Å². The van der Waals surface area contributed by atoms with E-state index < -0.39 is 0 Å². The van der Waals surface area contributed by atoms with Crippen LogP contribution in [0.4, 0.5) is 0 Å². The van der Waals surface area contributed by atoms with Gasteiger partial charge in [0.25, 0.3) is 0 Å².